The number of thiophene rings is 1. The van der Waals surface area contributed by atoms with Gasteiger partial charge in [0.1, 0.15) is 0 Å². The van der Waals surface area contributed by atoms with E-state index in [1.165, 1.54) is 11.3 Å². The van der Waals surface area contributed by atoms with Gasteiger partial charge >= 0.3 is 0 Å². The van der Waals surface area contributed by atoms with E-state index >= 15 is 0 Å². The van der Waals surface area contributed by atoms with Crippen LogP contribution in [0.15, 0.2) is 83.0 Å². The lowest BCUT2D eigenvalue weighted by molar-refractivity contribution is 0.101. The zero-order chi connectivity index (χ0) is 21.0. The van der Waals surface area contributed by atoms with Gasteiger partial charge in [0.15, 0.2) is 23.1 Å². The van der Waals surface area contributed by atoms with E-state index in [2.05, 4.69) is 31.1 Å². The highest BCUT2D eigenvalue weighted by molar-refractivity contribution is 7.13. The summed E-state index contributed by atoms with van der Waals surface area (Å²) in [7, 11) is 0. The van der Waals surface area contributed by atoms with Gasteiger partial charge in [-0.05, 0) is 53.9 Å². The van der Waals surface area contributed by atoms with Crippen molar-refractivity contribution in [2.24, 2.45) is 0 Å². The van der Waals surface area contributed by atoms with Crippen molar-refractivity contribution >= 4 is 34.4 Å². The molecule has 0 unspecified atom stereocenters. The van der Waals surface area contributed by atoms with E-state index < -0.39 is 0 Å². The van der Waals surface area contributed by atoms with Gasteiger partial charge in [-0.15, -0.1) is 21.5 Å². The largest absolute Gasteiger partial charge is 0.355 e. The number of amides is 1. The Hall–Kier alpha value is -4.31. The summed E-state index contributed by atoms with van der Waals surface area (Å²) in [5.74, 6) is 1.45. The minimum absolute atomic E-state index is 0.221. The molecule has 0 aliphatic heterocycles. The summed E-state index contributed by atoms with van der Waals surface area (Å²) in [6, 6.07) is 18.1. The number of nitrogens with zero attached hydrogens (tertiary/aromatic N) is 5. The van der Waals surface area contributed by atoms with Crippen LogP contribution in [0.5, 0.6) is 0 Å². The molecule has 0 bridgehead atoms. The Bertz CT molecular complexity index is 1280. The van der Waals surface area contributed by atoms with Gasteiger partial charge in [-0.1, -0.05) is 11.2 Å². The zero-order valence-electron chi connectivity index (χ0n) is 16.0. The van der Waals surface area contributed by atoms with Crippen molar-refractivity contribution in [3.8, 4) is 16.5 Å². The first-order valence-corrected chi connectivity index (χ1v) is 10.2. The maximum atomic E-state index is 12.4. The van der Waals surface area contributed by atoms with Crippen LogP contribution in [0, 0.1) is 0 Å². The third kappa shape index (κ3) is 4.19. The fraction of sp³-hybridized carbons (Fsp3) is 0. The zero-order valence-corrected chi connectivity index (χ0v) is 16.8. The molecule has 0 saturated carbocycles. The van der Waals surface area contributed by atoms with Gasteiger partial charge in [-0.3, -0.25) is 4.79 Å². The van der Waals surface area contributed by atoms with Crippen LogP contribution in [0.3, 0.4) is 0 Å². The van der Waals surface area contributed by atoms with Gasteiger partial charge in [0, 0.05) is 29.8 Å². The molecule has 0 atom stereocenters. The van der Waals surface area contributed by atoms with Crippen molar-refractivity contribution in [2.75, 3.05) is 10.6 Å². The van der Waals surface area contributed by atoms with Crippen LogP contribution in [-0.4, -0.2) is 31.0 Å². The number of nitrogens with one attached hydrogen (secondary N) is 2. The first kappa shape index (κ1) is 18.7. The van der Waals surface area contributed by atoms with Crippen LogP contribution in [0.2, 0.25) is 0 Å². The number of hydrogen-bond acceptors (Lipinski definition) is 8. The summed E-state index contributed by atoms with van der Waals surface area (Å²) in [4.78, 5) is 13.4. The topological polar surface area (TPSA) is 111 Å². The average molecular weight is 429 g/mol. The highest BCUT2D eigenvalue weighted by atomic mass is 32.1. The third-order valence-corrected chi connectivity index (χ3v) is 5.20. The second kappa shape index (κ2) is 8.20. The number of aromatic nitrogens is 5. The standard InChI is InChI=1S/C21H15N7O2S/c29-21(16-13-17(30-27-16)18-3-1-12-31-18)24-15-6-4-14(5-7-15)23-19-8-9-20(26-25-19)28-11-2-10-22-28/h1-13H,(H,23,25)(H,24,29). The second-order valence-corrected chi connectivity index (χ2v) is 7.39. The van der Waals surface area contributed by atoms with E-state index in [-0.39, 0.29) is 11.6 Å². The van der Waals surface area contributed by atoms with Crippen LogP contribution < -0.4 is 10.6 Å². The van der Waals surface area contributed by atoms with Crippen molar-refractivity contribution in [2.45, 2.75) is 0 Å². The number of hydrogen-bond donors (Lipinski definition) is 2. The summed E-state index contributed by atoms with van der Waals surface area (Å²) in [5, 5.41) is 24.2. The van der Waals surface area contributed by atoms with Gasteiger partial charge in [-0.25, -0.2) is 4.68 Å². The Kier molecular flexibility index (Phi) is 4.95. The minimum atomic E-state index is -0.340. The van der Waals surface area contributed by atoms with E-state index in [0.717, 1.165) is 10.6 Å². The summed E-state index contributed by atoms with van der Waals surface area (Å²) in [6.07, 6.45) is 3.48. The van der Waals surface area contributed by atoms with E-state index in [1.54, 1.807) is 35.3 Å². The SMILES string of the molecule is O=C(Nc1ccc(Nc2ccc(-n3cccn3)nn2)cc1)c1cc(-c2cccs2)on1. The van der Waals surface area contributed by atoms with Gasteiger partial charge in [0.2, 0.25) is 0 Å². The molecule has 0 fully saturated rings. The molecule has 1 aromatic carbocycles. The smallest absolute Gasteiger partial charge is 0.277 e. The monoisotopic (exact) mass is 429 g/mol. The van der Waals surface area contributed by atoms with Gasteiger partial charge in [0.05, 0.1) is 4.88 Å². The summed E-state index contributed by atoms with van der Waals surface area (Å²) < 4.78 is 6.89. The summed E-state index contributed by atoms with van der Waals surface area (Å²) in [6.45, 7) is 0. The van der Waals surface area contributed by atoms with Crippen LogP contribution >= 0.6 is 11.3 Å². The number of rotatable bonds is 6. The highest BCUT2D eigenvalue weighted by Gasteiger charge is 2.14. The molecule has 2 N–H and O–H groups in total. The summed E-state index contributed by atoms with van der Waals surface area (Å²) >= 11 is 1.52. The van der Waals surface area contributed by atoms with E-state index in [0.29, 0.717) is 23.1 Å². The molecule has 4 aromatic heterocycles. The average Bonchev–Trinajstić information content (AvgIpc) is 3.58. The lowest BCUT2D eigenvalue weighted by Gasteiger charge is -2.07. The van der Waals surface area contributed by atoms with Crippen LogP contribution in [0.25, 0.3) is 16.5 Å². The van der Waals surface area contributed by atoms with Gasteiger partial charge < -0.3 is 15.2 Å². The fourth-order valence-electron chi connectivity index (χ4n) is 2.82. The lowest BCUT2D eigenvalue weighted by atomic mass is 10.2. The molecule has 0 aliphatic rings. The highest BCUT2D eigenvalue weighted by Crippen LogP contribution is 2.25. The predicted octanol–water partition coefficient (Wildman–Crippen LogP) is 4.37. The Morgan fingerprint density at radius 1 is 1.00 bits per heavy atom. The summed E-state index contributed by atoms with van der Waals surface area (Å²) in [5.41, 5.74) is 1.66. The van der Waals surface area contributed by atoms with Crippen molar-refractivity contribution in [1.29, 1.82) is 0 Å². The Morgan fingerprint density at radius 2 is 1.87 bits per heavy atom. The predicted molar refractivity (Wildman–Crippen MR) is 117 cm³/mol. The Balaban J connectivity index is 1.21. The molecule has 0 saturated heterocycles. The molecule has 0 spiro atoms. The molecule has 31 heavy (non-hydrogen) atoms. The Labute approximate surface area is 180 Å². The van der Waals surface area contributed by atoms with Crippen LogP contribution in [0.1, 0.15) is 10.5 Å². The normalized spacial score (nSPS) is 10.7. The molecule has 0 aliphatic carbocycles. The van der Waals surface area contributed by atoms with Crippen molar-refractivity contribution in [1.82, 2.24) is 25.1 Å². The quantitative estimate of drug-likeness (QED) is 0.412. The number of carbonyl (C=O) groups excluding carboxylic acids is 1. The second-order valence-electron chi connectivity index (χ2n) is 6.44. The number of benzene rings is 1. The maximum Gasteiger partial charge on any atom is 0.277 e. The molecular weight excluding hydrogens is 414 g/mol. The number of anilines is 3. The minimum Gasteiger partial charge on any atom is -0.355 e. The molecule has 5 aromatic rings. The number of carbonyl (C=O) groups is 1. The van der Waals surface area contributed by atoms with Gasteiger partial charge in [-0.2, -0.15) is 5.10 Å². The Morgan fingerprint density at radius 3 is 2.58 bits per heavy atom. The molecule has 1 amide bonds. The van der Waals surface area contributed by atoms with Gasteiger partial charge in [0.25, 0.3) is 5.91 Å². The van der Waals surface area contributed by atoms with Crippen molar-refractivity contribution in [3.63, 3.8) is 0 Å². The maximum absolute atomic E-state index is 12.4. The molecule has 152 valence electrons. The lowest BCUT2D eigenvalue weighted by Crippen LogP contribution is -2.12. The van der Waals surface area contributed by atoms with Crippen LogP contribution in [-0.2, 0) is 0 Å². The van der Waals surface area contributed by atoms with E-state index in [1.807, 2.05) is 47.8 Å². The molecular formula is C21H15N7O2S. The molecule has 10 heteroatoms. The first-order valence-electron chi connectivity index (χ1n) is 9.27. The van der Waals surface area contributed by atoms with Crippen molar-refractivity contribution in [3.05, 3.63) is 84.1 Å². The fourth-order valence-corrected chi connectivity index (χ4v) is 3.49. The van der Waals surface area contributed by atoms with E-state index in [9.17, 15) is 4.79 Å². The molecule has 5 rings (SSSR count). The van der Waals surface area contributed by atoms with Crippen LogP contribution in [0.4, 0.5) is 17.2 Å². The first-order chi connectivity index (χ1) is 15.2. The van der Waals surface area contributed by atoms with Crippen molar-refractivity contribution < 1.29 is 9.32 Å². The molecule has 4 heterocycles. The third-order valence-electron chi connectivity index (χ3n) is 4.31. The van der Waals surface area contributed by atoms with E-state index in [4.69, 9.17) is 4.52 Å². The molecule has 0 radical (unpaired) electrons. The molecule has 9 nitrogen and oxygen atoms in total.